The zero-order chi connectivity index (χ0) is 39.6. The van der Waals surface area contributed by atoms with Gasteiger partial charge in [-0.2, -0.15) is 0 Å². The van der Waals surface area contributed by atoms with Crippen LogP contribution in [0.2, 0.25) is 0 Å². The van der Waals surface area contributed by atoms with Gasteiger partial charge in [-0.25, -0.2) is 0 Å². The molecule has 0 rings (SSSR count). The molecule has 9 atom stereocenters. The zero-order valence-electron chi connectivity index (χ0n) is 32.9. The molecule has 0 fully saturated rings. The molecule has 0 aromatic heterocycles. The topological polar surface area (TPSA) is 223 Å². The molecule has 0 radical (unpaired) electrons. The van der Waals surface area contributed by atoms with Crippen LogP contribution in [0.3, 0.4) is 0 Å². The molecule has 8 N–H and O–H groups in total. The van der Waals surface area contributed by atoms with Crippen molar-refractivity contribution in [2.24, 2.45) is 29.6 Å². The van der Waals surface area contributed by atoms with Crippen molar-refractivity contribution in [3.8, 4) is 0 Å². The number of hydrogen-bond acceptors (Lipinski definition) is 8. The second kappa shape index (κ2) is 24.1. The number of hydrogen-bond donors (Lipinski definition) is 8. The number of aliphatic hydroxyl groups is 2. The van der Waals surface area contributed by atoms with Crippen LogP contribution in [0.1, 0.15) is 128 Å². The van der Waals surface area contributed by atoms with Crippen LogP contribution < -0.4 is 26.6 Å². The Morgan fingerprint density at radius 2 is 1.14 bits per heavy atom. The van der Waals surface area contributed by atoms with E-state index in [9.17, 15) is 44.1 Å². The van der Waals surface area contributed by atoms with E-state index in [2.05, 4.69) is 26.6 Å². The number of rotatable bonds is 25. The first-order valence-electron chi connectivity index (χ1n) is 18.6. The lowest BCUT2D eigenvalue weighted by Gasteiger charge is -2.31. The van der Waals surface area contributed by atoms with Crippen molar-refractivity contribution in [1.29, 1.82) is 0 Å². The number of aliphatic hydroxyl groups excluding tert-OH is 2. The number of carboxylic acids is 1. The summed E-state index contributed by atoms with van der Waals surface area (Å²) in [6.45, 7) is 20.1. The standard InChI is InChI=1S/C37H69N5O9/c1-12-31(45)38-25(10)35(49)41-28(30(44)19-33(47)48)18-23(8)13-14-24(9)34(37(51)40-27(26(11)43)15-20(2)3)42-36(50)29(16-21(4)5)39-32(46)17-22(6)7/h20-30,34,43-44H,12-19H2,1-11H3,(H,38,45)(H,39,46)(H,40,51)(H,41,49)(H,42,50)(H,47,48)/t23-,24?,25+,26+,27+,28+,29?,30+,34+/m1/s1. The molecule has 0 saturated heterocycles. The quantitative estimate of drug-likeness (QED) is 0.0691. The summed E-state index contributed by atoms with van der Waals surface area (Å²) >= 11 is 0. The fourth-order valence-electron chi connectivity index (χ4n) is 5.82. The Morgan fingerprint density at radius 1 is 0.569 bits per heavy atom. The van der Waals surface area contributed by atoms with E-state index in [4.69, 9.17) is 0 Å². The molecule has 0 aliphatic heterocycles. The maximum atomic E-state index is 13.8. The van der Waals surface area contributed by atoms with E-state index in [-0.39, 0.29) is 54.7 Å². The molecule has 0 aliphatic rings. The summed E-state index contributed by atoms with van der Waals surface area (Å²) in [5.41, 5.74) is 0. The van der Waals surface area contributed by atoms with Gasteiger partial charge in [-0.05, 0) is 69.1 Å². The summed E-state index contributed by atoms with van der Waals surface area (Å²) in [5, 5.41) is 44.3. The SMILES string of the molecule is CCC(=O)N[C@@H](C)C(=O)N[C@@H](C[C@H](C)CCC(C)[C@H](NC(=O)C(CC(C)C)NC(=O)CC(C)C)C(=O)N[C@@H](CC(C)C)[C@H](C)O)[C@@H](O)CC(=O)O. The summed E-state index contributed by atoms with van der Waals surface area (Å²) in [4.78, 5) is 76.2. The molecular weight excluding hydrogens is 658 g/mol. The van der Waals surface area contributed by atoms with Gasteiger partial charge in [0.25, 0.3) is 0 Å². The third-order valence-corrected chi connectivity index (χ3v) is 8.78. The molecule has 5 amide bonds. The number of aliphatic carboxylic acids is 1. The molecule has 2 unspecified atom stereocenters. The predicted octanol–water partition coefficient (Wildman–Crippen LogP) is 2.64. The van der Waals surface area contributed by atoms with Crippen molar-refractivity contribution in [1.82, 2.24) is 26.6 Å². The Hall–Kier alpha value is -3.26. The summed E-state index contributed by atoms with van der Waals surface area (Å²) in [5.74, 6) is -3.56. The van der Waals surface area contributed by atoms with Crippen LogP contribution >= 0.6 is 0 Å². The summed E-state index contributed by atoms with van der Waals surface area (Å²) < 4.78 is 0. The fourth-order valence-corrected chi connectivity index (χ4v) is 5.82. The molecule has 0 heterocycles. The van der Waals surface area contributed by atoms with Gasteiger partial charge in [0, 0.05) is 12.8 Å². The van der Waals surface area contributed by atoms with Crippen molar-refractivity contribution in [3.63, 3.8) is 0 Å². The molecule has 14 heteroatoms. The van der Waals surface area contributed by atoms with E-state index >= 15 is 0 Å². The molecule has 0 saturated carbocycles. The minimum Gasteiger partial charge on any atom is -0.481 e. The Kier molecular flexibility index (Phi) is 22.5. The maximum Gasteiger partial charge on any atom is 0.306 e. The van der Waals surface area contributed by atoms with Gasteiger partial charge in [0.2, 0.25) is 29.5 Å². The number of nitrogens with one attached hydrogen (secondary N) is 5. The lowest BCUT2D eigenvalue weighted by molar-refractivity contribution is -0.140. The van der Waals surface area contributed by atoms with Crippen molar-refractivity contribution in [2.75, 3.05) is 0 Å². The third-order valence-electron chi connectivity index (χ3n) is 8.78. The second-order valence-electron chi connectivity index (χ2n) is 15.6. The first-order chi connectivity index (χ1) is 23.6. The fraction of sp³-hybridized carbons (Fsp3) is 0.838. The van der Waals surface area contributed by atoms with E-state index in [1.165, 1.54) is 6.92 Å². The van der Waals surface area contributed by atoms with Crippen molar-refractivity contribution in [2.45, 2.75) is 170 Å². The lowest BCUT2D eigenvalue weighted by Crippen LogP contribution is -2.58. The minimum atomic E-state index is -1.39. The Morgan fingerprint density at radius 3 is 1.63 bits per heavy atom. The van der Waals surface area contributed by atoms with Gasteiger partial charge in [0.15, 0.2) is 0 Å². The van der Waals surface area contributed by atoms with E-state index in [0.29, 0.717) is 25.7 Å². The maximum absolute atomic E-state index is 13.8. The van der Waals surface area contributed by atoms with Gasteiger partial charge in [-0.15, -0.1) is 0 Å². The van der Waals surface area contributed by atoms with Crippen LogP contribution in [0.5, 0.6) is 0 Å². The Balaban J connectivity index is 6.14. The minimum absolute atomic E-state index is 0.0760. The highest BCUT2D eigenvalue weighted by Crippen LogP contribution is 2.22. The van der Waals surface area contributed by atoms with Crippen molar-refractivity contribution >= 4 is 35.5 Å². The van der Waals surface area contributed by atoms with E-state index in [0.717, 1.165) is 0 Å². The highest BCUT2D eigenvalue weighted by Gasteiger charge is 2.34. The largest absolute Gasteiger partial charge is 0.481 e. The van der Waals surface area contributed by atoms with Crippen LogP contribution in [0.25, 0.3) is 0 Å². The van der Waals surface area contributed by atoms with Crippen LogP contribution in [0, 0.1) is 29.6 Å². The zero-order valence-corrected chi connectivity index (χ0v) is 32.9. The van der Waals surface area contributed by atoms with Gasteiger partial charge in [-0.3, -0.25) is 28.8 Å². The molecule has 296 valence electrons. The normalized spacial score (nSPS) is 16.9. The monoisotopic (exact) mass is 728 g/mol. The molecule has 0 aliphatic carbocycles. The van der Waals surface area contributed by atoms with Gasteiger partial charge >= 0.3 is 5.97 Å². The molecule has 0 aromatic carbocycles. The lowest BCUT2D eigenvalue weighted by atomic mass is 9.87. The highest BCUT2D eigenvalue weighted by atomic mass is 16.4. The van der Waals surface area contributed by atoms with E-state index in [1.807, 2.05) is 55.4 Å². The number of carboxylic acid groups (broad SMARTS) is 1. The van der Waals surface area contributed by atoms with Crippen molar-refractivity contribution in [3.05, 3.63) is 0 Å². The van der Waals surface area contributed by atoms with Crippen LogP contribution in [-0.2, 0) is 28.8 Å². The Labute approximate surface area is 305 Å². The van der Waals surface area contributed by atoms with Crippen LogP contribution in [0.4, 0.5) is 0 Å². The first-order valence-corrected chi connectivity index (χ1v) is 18.6. The first kappa shape index (κ1) is 47.7. The predicted molar refractivity (Wildman–Crippen MR) is 196 cm³/mol. The third kappa shape index (κ3) is 20.4. The summed E-state index contributed by atoms with van der Waals surface area (Å²) in [6, 6.07) is -4.24. The molecule has 0 aromatic rings. The number of carbonyl (C=O) groups excluding carboxylic acids is 5. The van der Waals surface area contributed by atoms with Crippen LogP contribution in [0.15, 0.2) is 0 Å². The van der Waals surface area contributed by atoms with Gasteiger partial charge in [0.1, 0.15) is 18.1 Å². The van der Waals surface area contributed by atoms with Crippen molar-refractivity contribution < 1.29 is 44.1 Å². The van der Waals surface area contributed by atoms with Gasteiger partial charge in [0.05, 0.1) is 30.7 Å². The average Bonchev–Trinajstić information content (AvgIpc) is 2.99. The van der Waals surface area contributed by atoms with E-state index < -0.39 is 78.4 Å². The molecule has 51 heavy (non-hydrogen) atoms. The van der Waals surface area contributed by atoms with Gasteiger partial charge in [-0.1, -0.05) is 68.7 Å². The summed E-state index contributed by atoms with van der Waals surface area (Å²) in [6.07, 6.45) is -0.382. The number of amides is 5. The van der Waals surface area contributed by atoms with Crippen LogP contribution in [-0.4, -0.2) is 93.2 Å². The molecule has 14 nitrogen and oxygen atoms in total. The molecule has 0 spiro atoms. The number of carbonyl (C=O) groups is 6. The second-order valence-corrected chi connectivity index (χ2v) is 15.6. The average molecular weight is 728 g/mol. The smallest absolute Gasteiger partial charge is 0.306 e. The Bertz CT molecular complexity index is 1110. The molecule has 0 bridgehead atoms. The van der Waals surface area contributed by atoms with E-state index in [1.54, 1.807) is 13.8 Å². The van der Waals surface area contributed by atoms with Gasteiger partial charge < -0.3 is 41.9 Å². The highest BCUT2D eigenvalue weighted by molar-refractivity contribution is 5.92. The molecular formula is C37H69N5O9. The summed E-state index contributed by atoms with van der Waals surface area (Å²) in [7, 11) is 0.